The van der Waals surface area contributed by atoms with Crippen LogP contribution in [-0.2, 0) is 0 Å². The van der Waals surface area contributed by atoms with Gasteiger partial charge in [0.15, 0.2) is 5.78 Å². The molecule has 0 aliphatic rings. The van der Waals surface area contributed by atoms with E-state index in [1.54, 1.807) is 25.1 Å². The highest BCUT2D eigenvalue weighted by molar-refractivity contribution is 6.01. The van der Waals surface area contributed by atoms with Crippen molar-refractivity contribution in [2.75, 3.05) is 0 Å². The highest BCUT2D eigenvalue weighted by Gasteiger charge is 2.15. The maximum Gasteiger partial charge on any atom is 0.160 e. The quantitative estimate of drug-likeness (QED) is 0.728. The van der Waals surface area contributed by atoms with Crippen LogP contribution in [0.2, 0.25) is 0 Å². The monoisotopic (exact) mass is 246 g/mol. The van der Waals surface area contributed by atoms with Crippen LogP contribution in [0.15, 0.2) is 36.4 Å². The summed E-state index contributed by atoms with van der Waals surface area (Å²) in [5, 5.41) is 0. The topological polar surface area (TPSA) is 17.1 Å². The van der Waals surface area contributed by atoms with Crippen LogP contribution in [0.4, 0.5) is 8.78 Å². The predicted octanol–water partition coefficient (Wildman–Crippen LogP) is 4.14. The van der Waals surface area contributed by atoms with Gasteiger partial charge in [-0.2, -0.15) is 0 Å². The lowest BCUT2D eigenvalue weighted by atomic mass is 9.93. The third kappa shape index (κ3) is 2.16. The largest absolute Gasteiger partial charge is 0.294 e. The van der Waals surface area contributed by atoms with Crippen molar-refractivity contribution in [2.45, 2.75) is 13.8 Å². The van der Waals surface area contributed by atoms with Crippen LogP contribution in [0, 0.1) is 18.6 Å². The Morgan fingerprint density at radius 3 is 2.50 bits per heavy atom. The Hall–Kier alpha value is -2.03. The van der Waals surface area contributed by atoms with Crippen molar-refractivity contribution in [3.05, 3.63) is 59.2 Å². The van der Waals surface area contributed by atoms with Gasteiger partial charge in [-0.25, -0.2) is 8.78 Å². The van der Waals surface area contributed by atoms with Crippen molar-refractivity contribution in [3.63, 3.8) is 0 Å². The number of ketones is 1. The minimum atomic E-state index is -0.534. The highest BCUT2D eigenvalue weighted by Crippen LogP contribution is 2.30. The van der Waals surface area contributed by atoms with E-state index in [1.807, 2.05) is 0 Å². The van der Waals surface area contributed by atoms with E-state index in [4.69, 9.17) is 0 Å². The number of hydrogen-bond acceptors (Lipinski definition) is 1. The first kappa shape index (κ1) is 12.4. The second-order valence-corrected chi connectivity index (χ2v) is 4.18. The van der Waals surface area contributed by atoms with Crippen LogP contribution in [0.25, 0.3) is 11.1 Å². The second-order valence-electron chi connectivity index (χ2n) is 4.18. The van der Waals surface area contributed by atoms with Crippen molar-refractivity contribution >= 4 is 5.78 Å². The molecule has 92 valence electrons. The molecule has 0 bridgehead atoms. The van der Waals surface area contributed by atoms with Crippen LogP contribution in [0.5, 0.6) is 0 Å². The molecule has 0 atom stereocenters. The SMILES string of the molecule is CC(=O)c1cccc(C)c1-c1cc(F)ccc1F. The normalized spacial score (nSPS) is 10.4. The molecule has 0 spiro atoms. The van der Waals surface area contributed by atoms with Crippen molar-refractivity contribution in [1.29, 1.82) is 0 Å². The Labute approximate surface area is 104 Å². The van der Waals surface area contributed by atoms with Crippen LogP contribution in [0.1, 0.15) is 22.8 Å². The third-order valence-corrected chi connectivity index (χ3v) is 2.85. The van der Waals surface area contributed by atoms with Crippen molar-refractivity contribution in [1.82, 2.24) is 0 Å². The summed E-state index contributed by atoms with van der Waals surface area (Å²) in [6.45, 7) is 3.18. The van der Waals surface area contributed by atoms with Gasteiger partial charge in [-0.3, -0.25) is 4.79 Å². The summed E-state index contributed by atoms with van der Waals surface area (Å²) >= 11 is 0. The van der Waals surface area contributed by atoms with Crippen molar-refractivity contribution in [2.24, 2.45) is 0 Å². The number of carbonyl (C=O) groups excluding carboxylic acids is 1. The Kier molecular flexibility index (Phi) is 3.24. The standard InChI is InChI=1S/C15H12F2O/c1-9-4-3-5-12(10(2)18)15(9)13-8-11(16)6-7-14(13)17/h3-8H,1-2H3. The first-order valence-corrected chi connectivity index (χ1v) is 5.56. The first-order valence-electron chi connectivity index (χ1n) is 5.56. The number of hydrogen-bond donors (Lipinski definition) is 0. The molecule has 2 aromatic carbocycles. The van der Waals surface area contributed by atoms with Gasteiger partial charge in [0.2, 0.25) is 0 Å². The van der Waals surface area contributed by atoms with Gasteiger partial charge in [0.05, 0.1) is 0 Å². The Morgan fingerprint density at radius 1 is 1.11 bits per heavy atom. The summed E-state index contributed by atoms with van der Waals surface area (Å²) in [7, 11) is 0. The molecule has 0 radical (unpaired) electrons. The molecule has 0 aliphatic carbocycles. The van der Waals surface area contributed by atoms with Gasteiger partial charge in [0.25, 0.3) is 0 Å². The molecule has 0 heterocycles. The minimum absolute atomic E-state index is 0.123. The molecule has 0 N–H and O–H groups in total. The number of rotatable bonds is 2. The molecule has 0 saturated heterocycles. The lowest BCUT2D eigenvalue weighted by molar-refractivity contribution is 0.101. The molecule has 0 saturated carbocycles. The van der Waals surface area contributed by atoms with Crippen LogP contribution < -0.4 is 0 Å². The van der Waals surface area contributed by atoms with Gasteiger partial charge in [-0.1, -0.05) is 18.2 Å². The Balaban J connectivity index is 2.77. The molecule has 18 heavy (non-hydrogen) atoms. The average molecular weight is 246 g/mol. The summed E-state index contributed by atoms with van der Waals surface area (Å²) in [6.07, 6.45) is 0. The zero-order valence-corrected chi connectivity index (χ0v) is 10.1. The molecule has 0 unspecified atom stereocenters. The lowest BCUT2D eigenvalue weighted by Crippen LogP contribution is -2.00. The Morgan fingerprint density at radius 2 is 1.83 bits per heavy atom. The lowest BCUT2D eigenvalue weighted by Gasteiger charge is -2.11. The van der Waals surface area contributed by atoms with E-state index in [2.05, 4.69) is 0 Å². The summed E-state index contributed by atoms with van der Waals surface area (Å²) in [6, 6.07) is 8.36. The van der Waals surface area contributed by atoms with Crippen molar-refractivity contribution in [3.8, 4) is 11.1 Å². The number of benzene rings is 2. The fraction of sp³-hybridized carbons (Fsp3) is 0.133. The smallest absolute Gasteiger partial charge is 0.160 e. The zero-order valence-electron chi connectivity index (χ0n) is 10.1. The van der Waals surface area contributed by atoms with Crippen LogP contribution in [0.3, 0.4) is 0 Å². The third-order valence-electron chi connectivity index (χ3n) is 2.85. The van der Waals surface area contributed by atoms with Crippen LogP contribution in [-0.4, -0.2) is 5.78 Å². The average Bonchev–Trinajstić information content (AvgIpc) is 2.32. The van der Waals surface area contributed by atoms with E-state index >= 15 is 0 Å². The van der Waals surface area contributed by atoms with E-state index in [-0.39, 0.29) is 11.3 Å². The number of aryl methyl sites for hydroxylation is 1. The number of Topliss-reactive ketones (excluding diaryl/α,β-unsaturated/α-hetero) is 1. The molecule has 2 rings (SSSR count). The van der Waals surface area contributed by atoms with Gasteiger partial charge in [-0.15, -0.1) is 0 Å². The maximum atomic E-state index is 13.8. The molecular formula is C15H12F2O. The second kappa shape index (κ2) is 4.69. The summed E-state index contributed by atoms with van der Waals surface area (Å²) in [5.74, 6) is -1.23. The fourth-order valence-electron chi connectivity index (χ4n) is 2.01. The van der Waals surface area contributed by atoms with Gasteiger partial charge in [-0.05, 0) is 43.2 Å². The highest BCUT2D eigenvalue weighted by atomic mass is 19.1. The van der Waals surface area contributed by atoms with E-state index in [9.17, 15) is 13.6 Å². The van der Waals surface area contributed by atoms with E-state index in [1.165, 1.54) is 6.92 Å². The first-order chi connectivity index (χ1) is 8.50. The molecular weight excluding hydrogens is 234 g/mol. The summed E-state index contributed by atoms with van der Waals surface area (Å²) in [5.41, 5.74) is 1.73. The van der Waals surface area contributed by atoms with Gasteiger partial charge >= 0.3 is 0 Å². The van der Waals surface area contributed by atoms with Gasteiger partial charge < -0.3 is 0 Å². The van der Waals surface area contributed by atoms with Crippen LogP contribution >= 0.6 is 0 Å². The fourth-order valence-corrected chi connectivity index (χ4v) is 2.01. The minimum Gasteiger partial charge on any atom is -0.294 e. The van der Waals surface area contributed by atoms with E-state index < -0.39 is 11.6 Å². The molecule has 0 amide bonds. The van der Waals surface area contributed by atoms with Gasteiger partial charge in [0, 0.05) is 11.1 Å². The molecule has 0 aromatic heterocycles. The summed E-state index contributed by atoms with van der Waals surface area (Å²) in [4.78, 5) is 11.6. The molecule has 3 heteroatoms. The number of carbonyl (C=O) groups is 1. The predicted molar refractivity (Wildman–Crippen MR) is 66.5 cm³/mol. The molecule has 0 aliphatic heterocycles. The van der Waals surface area contributed by atoms with Crippen molar-refractivity contribution < 1.29 is 13.6 Å². The molecule has 1 nitrogen and oxygen atoms in total. The van der Waals surface area contributed by atoms with E-state index in [0.29, 0.717) is 11.1 Å². The molecule has 0 fully saturated rings. The Bertz CT molecular complexity index is 618. The maximum absolute atomic E-state index is 13.8. The number of halogens is 2. The molecule has 2 aromatic rings. The van der Waals surface area contributed by atoms with E-state index in [0.717, 1.165) is 23.8 Å². The van der Waals surface area contributed by atoms with Gasteiger partial charge in [0.1, 0.15) is 11.6 Å². The zero-order chi connectivity index (χ0) is 13.3. The summed E-state index contributed by atoms with van der Waals surface area (Å²) < 4.78 is 27.0.